The van der Waals surface area contributed by atoms with Crippen LogP contribution in [0.4, 0.5) is 0 Å². The monoisotopic (exact) mass is 300 g/mol. The molecular weight excluding hydrogens is 280 g/mol. The van der Waals surface area contributed by atoms with Crippen molar-refractivity contribution in [3.8, 4) is 0 Å². The summed E-state index contributed by atoms with van der Waals surface area (Å²) in [6.45, 7) is 3.66. The fraction of sp³-hybridized carbons (Fsp3) is 0.438. The van der Waals surface area contributed by atoms with E-state index in [9.17, 15) is 4.79 Å². The third-order valence-electron chi connectivity index (χ3n) is 3.82. The highest BCUT2D eigenvalue weighted by Crippen LogP contribution is 2.21. The molecule has 1 amide bonds. The molecule has 1 aliphatic heterocycles. The Hall–Kier alpha value is -2.21. The molecule has 6 nitrogen and oxygen atoms in total. The summed E-state index contributed by atoms with van der Waals surface area (Å²) in [5, 5.41) is 0. The third kappa shape index (κ3) is 3.17. The van der Waals surface area contributed by atoms with Crippen molar-refractivity contribution in [2.75, 3.05) is 19.7 Å². The Kier molecular flexibility index (Phi) is 4.20. The molecule has 1 aliphatic rings. The summed E-state index contributed by atoms with van der Waals surface area (Å²) < 4.78 is 7.77. The van der Waals surface area contributed by atoms with E-state index in [0.717, 1.165) is 17.1 Å². The first-order valence-electron chi connectivity index (χ1n) is 7.41. The molecular formula is C16H20N4O2. The van der Waals surface area contributed by atoms with Crippen molar-refractivity contribution in [3.05, 3.63) is 47.8 Å². The zero-order valence-electron chi connectivity index (χ0n) is 12.9. The second-order valence-corrected chi connectivity index (χ2v) is 5.59. The Balaban J connectivity index is 1.68. The van der Waals surface area contributed by atoms with E-state index in [4.69, 9.17) is 4.74 Å². The smallest absolute Gasteiger partial charge is 0.227 e. The highest BCUT2D eigenvalue weighted by Gasteiger charge is 2.28. The second-order valence-electron chi connectivity index (χ2n) is 5.59. The van der Waals surface area contributed by atoms with Crippen LogP contribution in [-0.2, 0) is 23.0 Å². The Morgan fingerprint density at radius 2 is 2.36 bits per heavy atom. The number of morpholine rings is 1. The third-order valence-corrected chi connectivity index (χ3v) is 3.82. The summed E-state index contributed by atoms with van der Waals surface area (Å²) in [5.41, 5.74) is 1.89. The van der Waals surface area contributed by atoms with Crippen LogP contribution >= 0.6 is 0 Å². The van der Waals surface area contributed by atoms with Crippen LogP contribution in [0.15, 0.2) is 30.7 Å². The fourth-order valence-corrected chi connectivity index (χ4v) is 2.76. The predicted molar refractivity (Wildman–Crippen MR) is 81.2 cm³/mol. The molecule has 2 aromatic heterocycles. The molecule has 1 atom stereocenters. The molecule has 0 spiro atoms. The van der Waals surface area contributed by atoms with Crippen LogP contribution in [0.3, 0.4) is 0 Å². The Labute approximate surface area is 129 Å². The minimum Gasteiger partial charge on any atom is -0.367 e. The lowest BCUT2D eigenvalue weighted by Crippen LogP contribution is -2.43. The molecule has 0 aliphatic carbocycles. The largest absolute Gasteiger partial charge is 0.367 e. The van der Waals surface area contributed by atoms with Gasteiger partial charge in [-0.1, -0.05) is 6.07 Å². The highest BCUT2D eigenvalue weighted by atomic mass is 16.5. The summed E-state index contributed by atoms with van der Waals surface area (Å²) in [7, 11) is 1.95. The van der Waals surface area contributed by atoms with Crippen LogP contribution in [0.5, 0.6) is 0 Å². The van der Waals surface area contributed by atoms with Crippen LogP contribution in [0.25, 0.3) is 0 Å². The van der Waals surface area contributed by atoms with Gasteiger partial charge in [0.1, 0.15) is 11.9 Å². The van der Waals surface area contributed by atoms with Crippen LogP contribution < -0.4 is 0 Å². The molecule has 0 aromatic carbocycles. The number of carbonyl (C=O) groups excluding carboxylic acids is 1. The van der Waals surface area contributed by atoms with E-state index < -0.39 is 0 Å². The van der Waals surface area contributed by atoms with Crippen molar-refractivity contribution in [1.29, 1.82) is 0 Å². The Morgan fingerprint density at radius 1 is 1.50 bits per heavy atom. The molecule has 22 heavy (non-hydrogen) atoms. The summed E-state index contributed by atoms with van der Waals surface area (Å²) in [6, 6.07) is 3.77. The Bertz CT molecular complexity index is 653. The maximum Gasteiger partial charge on any atom is 0.227 e. The second kappa shape index (κ2) is 6.27. The van der Waals surface area contributed by atoms with E-state index >= 15 is 0 Å². The van der Waals surface area contributed by atoms with Gasteiger partial charge >= 0.3 is 0 Å². The molecule has 3 rings (SSSR count). The van der Waals surface area contributed by atoms with Crippen molar-refractivity contribution >= 4 is 5.91 Å². The normalized spacial score (nSPS) is 18.5. The first kappa shape index (κ1) is 14.7. The summed E-state index contributed by atoms with van der Waals surface area (Å²) in [4.78, 5) is 22.9. The molecule has 116 valence electrons. The molecule has 1 saturated heterocycles. The van der Waals surface area contributed by atoms with Crippen LogP contribution in [-0.4, -0.2) is 45.0 Å². The number of hydrogen-bond donors (Lipinski definition) is 0. The fourth-order valence-electron chi connectivity index (χ4n) is 2.76. The molecule has 2 aromatic rings. The standard InChI is InChI=1S/C16H20N4O2/c1-12-10-19(2)16(18-12)14-11-20(6-7-22-14)15(21)8-13-4-3-5-17-9-13/h3-5,9-10,14H,6-8,11H2,1-2H3/t14-/m1/s1. The van der Waals surface area contributed by atoms with Crippen molar-refractivity contribution in [1.82, 2.24) is 19.4 Å². The quantitative estimate of drug-likeness (QED) is 0.856. The van der Waals surface area contributed by atoms with E-state index in [-0.39, 0.29) is 12.0 Å². The molecule has 0 radical (unpaired) electrons. The van der Waals surface area contributed by atoms with E-state index in [2.05, 4.69) is 9.97 Å². The summed E-state index contributed by atoms with van der Waals surface area (Å²) >= 11 is 0. The number of nitrogens with zero attached hydrogens (tertiary/aromatic N) is 4. The van der Waals surface area contributed by atoms with Gasteiger partial charge in [0, 0.05) is 32.2 Å². The van der Waals surface area contributed by atoms with Gasteiger partial charge in [0.15, 0.2) is 0 Å². The lowest BCUT2D eigenvalue weighted by molar-refractivity contribution is -0.138. The molecule has 3 heterocycles. The Morgan fingerprint density at radius 3 is 3.05 bits per heavy atom. The molecule has 6 heteroatoms. The molecule has 0 unspecified atom stereocenters. The van der Waals surface area contributed by atoms with Crippen LogP contribution in [0, 0.1) is 6.92 Å². The van der Waals surface area contributed by atoms with Gasteiger partial charge in [0.05, 0.1) is 25.3 Å². The van der Waals surface area contributed by atoms with E-state index in [1.165, 1.54) is 0 Å². The average Bonchev–Trinajstić information content (AvgIpc) is 2.87. The van der Waals surface area contributed by atoms with Crippen molar-refractivity contribution < 1.29 is 9.53 Å². The highest BCUT2D eigenvalue weighted by molar-refractivity contribution is 5.78. The van der Waals surface area contributed by atoms with Crippen molar-refractivity contribution in [3.63, 3.8) is 0 Å². The number of amides is 1. The summed E-state index contributed by atoms with van der Waals surface area (Å²) in [6.07, 6.45) is 5.63. The minimum atomic E-state index is -0.162. The van der Waals surface area contributed by atoms with E-state index in [1.54, 1.807) is 12.4 Å². The number of imidazole rings is 1. The van der Waals surface area contributed by atoms with Gasteiger partial charge in [-0.15, -0.1) is 0 Å². The van der Waals surface area contributed by atoms with Gasteiger partial charge in [-0.05, 0) is 18.6 Å². The number of aromatic nitrogens is 3. The van der Waals surface area contributed by atoms with Crippen molar-refractivity contribution in [2.45, 2.75) is 19.4 Å². The zero-order chi connectivity index (χ0) is 15.5. The van der Waals surface area contributed by atoms with Crippen LogP contribution in [0.2, 0.25) is 0 Å². The number of rotatable bonds is 3. The van der Waals surface area contributed by atoms with Crippen LogP contribution in [0.1, 0.15) is 23.2 Å². The maximum atomic E-state index is 12.4. The van der Waals surface area contributed by atoms with Crippen molar-refractivity contribution in [2.24, 2.45) is 7.05 Å². The SMILES string of the molecule is Cc1cn(C)c([C@H]2CN(C(=O)Cc3cccnc3)CCO2)n1. The number of carbonyl (C=O) groups is 1. The average molecular weight is 300 g/mol. The first-order chi connectivity index (χ1) is 10.6. The number of ether oxygens (including phenoxy) is 1. The first-order valence-corrected chi connectivity index (χ1v) is 7.41. The van der Waals surface area contributed by atoms with Gasteiger partial charge in [-0.2, -0.15) is 0 Å². The summed E-state index contributed by atoms with van der Waals surface area (Å²) in [5.74, 6) is 0.976. The number of aryl methyl sites for hydroxylation is 2. The van der Waals surface area contributed by atoms with E-state index in [1.807, 2.05) is 41.8 Å². The lowest BCUT2D eigenvalue weighted by Gasteiger charge is -2.32. The number of pyridine rings is 1. The topological polar surface area (TPSA) is 60.2 Å². The van der Waals surface area contributed by atoms with Gasteiger partial charge < -0.3 is 14.2 Å². The van der Waals surface area contributed by atoms with Gasteiger partial charge in [-0.25, -0.2) is 4.98 Å². The van der Waals surface area contributed by atoms with Gasteiger partial charge in [0.2, 0.25) is 5.91 Å². The lowest BCUT2D eigenvalue weighted by atomic mass is 10.1. The van der Waals surface area contributed by atoms with E-state index in [0.29, 0.717) is 26.1 Å². The molecule has 1 fully saturated rings. The molecule has 0 saturated carbocycles. The van der Waals surface area contributed by atoms with Gasteiger partial charge in [0.25, 0.3) is 0 Å². The molecule has 0 bridgehead atoms. The molecule has 0 N–H and O–H groups in total. The number of hydrogen-bond acceptors (Lipinski definition) is 4. The maximum absolute atomic E-state index is 12.4. The predicted octanol–water partition coefficient (Wildman–Crippen LogP) is 1.27. The zero-order valence-corrected chi connectivity index (χ0v) is 12.9. The minimum absolute atomic E-state index is 0.104. The van der Waals surface area contributed by atoms with Gasteiger partial charge in [-0.3, -0.25) is 9.78 Å².